The molecular formula is C16H31N3. The van der Waals surface area contributed by atoms with Crippen LogP contribution in [-0.2, 0) is 0 Å². The van der Waals surface area contributed by atoms with Gasteiger partial charge in [0.15, 0.2) is 5.96 Å². The fraction of sp³-hybridized carbons (Fsp3) is 0.938. The predicted octanol–water partition coefficient (Wildman–Crippen LogP) is 3.25. The molecule has 1 atom stereocenters. The molecule has 19 heavy (non-hydrogen) atoms. The Hall–Kier alpha value is -0.730. The average Bonchev–Trinajstić information content (AvgIpc) is 2.70. The number of aliphatic imine (C=N–C) groups is 1. The zero-order valence-corrected chi connectivity index (χ0v) is 13.3. The van der Waals surface area contributed by atoms with Crippen LogP contribution in [0.15, 0.2) is 4.99 Å². The lowest BCUT2D eigenvalue weighted by molar-refractivity contribution is 0.108. The Labute approximate surface area is 118 Å². The van der Waals surface area contributed by atoms with Crippen LogP contribution in [0.2, 0.25) is 0 Å². The third kappa shape index (κ3) is 3.06. The van der Waals surface area contributed by atoms with Gasteiger partial charge in [-0.3, -0.25) is 4.99 Å². The van der Waals surface area contributed by atoms with Gasteiger partial charge >= 0.3 is 0 Å². The lowest BCUT2D eigenvalue weighted by atomic mass is 9.68. The molecule has 0 bridgehead atoms. The normalized spacial score (nSPS) is 32.8. The van der Waals surface area contributed by atoms with Gasteiger partial charge in [0.25, 0.3) is 0 Å². The van der Waals surface area contributed by atoms with Crippen LogP contribution >= 0.6 is 0 Å². The summed E-state index contributed by atoms with van der Waals surface area (Å²) in [6.45, 7) is 12.5. The van der Waals surface area contributed by atoms with E-state index in [1.807, 2.05) is 0 Å². The topological polar surface area (TPSA) is 41.6 Å². The van der Waals surface area contributed by atoms with E-state index in [1.165, 1.54) is 25.7 Å². The number of rotatable bonds is 2. The summed E-state index contributed by atoms with van der Waals surface area (Å²) in [6.07, 6.45) is 5.43. The minimum atomic E-state index is 0.466. The minimum absolute atomic E-state index is 0.466. The number of hydrogen-bond donors (Lipinski definition) is 1. The first-order chi connectivity index (χ1) is 8.80. The van der Waals surface area contributed by atoms with Gasteiger partial charge in [-0.15, -0.1) is 0 Å². The maximum absolute atomic E-state index is 6.05. The van der Waals surface area contributed by atoms with E-state index in [0.717, 1.165) is 24.3 Å². The summed E-state index contributed by atoms with van der Waals surface area (Å²) < 4.78 is 0. The molecule has 0 spiro atoms. The van der Waals surface area contributed by atoms with Gasteiger partial charge < -0.3 is 10.6 Å². The van der Waals surface area contributed by atoms with E-state index in [-0.39, 0.29) is 0 Å². The monoisotopic (exact) mass is 265 g/mol. The summed E-state index contributed by atoms with van der Waals surface area (Å²) in [5, 5.41) is 0. The summed E-state index contributed by atoms with van der Waals surface area (Å²) in [5.41, 5.74) is 6.52. The highest BCUT2D eigenvalue weighted by atomic mass is 15.3. The first-order valence-electron chi connectivity index (χ1n) is 7.89. The molecule has 1 aliphatic carbocycles. The Balaban J connectivity index is 1.95. The molecule has 3 heteroatoms. The van der Waals surface area contributed by atoms with Gasteiger partial charge in [-0.2, -0.15) is 0 Å². The van der Waals surface area contributed by atoms with Gasteiger partial charge in [0.1, 0.15) is 0 Å². The highest BCUT2D eigenvalue weighted by Gasteiger charge is 2.38. The Kier molecular flexibility index (Phi) is 4.12. The Bertz CT molecular complexity index is 332. The SMILES string of the molecule is CC(C)N1C(N)=NCC1C1CCC(C(C)(C)C)CC1. The first kappa shape index (κ1) is 14.7. The molecule has 1 saturated carbocycles. The van der Waals surface area contributed by atoms with Crippen LogP contribution in [0.25, 0.3) is 0 Å². The maximum atomic E-state index is 6.05. The zero-order valence-electron chi connectivity index (χ0n) is 13.3. The third-order valence-electron chi connectivity index (χ3n) is 5.16. The summed E-state index contributed by atoms with van der Waals surface area (Å²) >= 11 is 0. The van der Waals surface area contributed by atoms with E-state index in [0.29, 0.717) is 17.5 Å². The van der Waals surface area contributed by atoms with Crippen LogP contribution in [0.5, 0.6) is 0 Å². The van der Waals surface area contributed by atoms with E-state index in [1.54, 1.807) is 0 Å². The molecule has 0 aromatic carbocycles. The van der Waals surface area contributed by atoms with Crippen molar-refractivity contribution in [2.24, 2.45) is 28.0 Å². The number of guanidine groups is 1. The third-order valence-corrected chi connectivity index (χ3v) is 5.16. The van der Waals surface area contributed by atoms with Crippen LogP contribution in [0.3, 0.4) is 0 Å². The summed E-state index contributed by atoms with van der Waals surface area (Å²) in [4.78, 5) is 6.83. The van der Waals surface area contributed by atoms with Gasteiger partial charge in [-0.05, 0) is 56.8 Å². The molecule has 0 aromatic rings. The standard InChI is InChI=1S/C16H31N3/c1-11(2)19-14(10-18-15(19)17)12-6-8-13(9-7-12)16(3,4)5/h11-14H,6-10H2,1-5H3,(H2,17,18). The molecule has 0 amide bonds. The first-order valence-corrected chi connectivity index (χ1v) is 7.89. The quantitative estimate of drug-likeness (QED) is 0.832. The number of nitrogens with zero attached hydrogens (tertiary/aromatic N) is 2. The van der Waals surface area contributed by atoms with Gasteiger partial charge in [0.2, 0.25) is 0 Å². The molecule has 2 N–H and O–H groups in total. The summed E-state index contributed by atoms with van der Waals surface area (Å²) in [7, 11) is 0. The smallest absolute Gasteiger partial charge is 0.191 e. The fourth-order valence-electron chi connectivity index (χ4n) is 3.92. The van der Waals surface area contributed by atoms with E-state index in [2.05, 4.69) is 44.5 Å². The van der Waals surface area contributed by atoms with Crippen molar-refractivity contribution in [3.05, 3.63) is 0 Å². The van der Waals surface area contributed by atoms with Crippen LogP contribution in [0, 0.1) is 17.3 Å². The van der Waals surface area contributed by atoms with Crippen molar-refractivity contribution in [2.75, 3.05) is 6.54 Å². The van der Waals surface area contributed by atoms with Crippen molar-refractivity contribution in [1.29, 1.82) is 0 Å². The molecule has 110 valence electrons. The Morgan fingerprint density at radius 1 is 1.16 bits per heavy atom. The van der Waals surface area contributed by atoms with Crippen LogP contribution in [0.4, 0.5) is 0 Å². The van der Waals surface area contributed by atoms with Crippen LogP contribution in [-0.4, -0.2) is 29.5 Å². The second-order valence-electron chi connectivity index (χ2n) is 7.74. The van der Waals surface area contributed by atoms with Gasteiger partial charge in [0, 0.05) is 6.04 Å². The molecule has 2 aliphatic rings. The number of hydrogen-bond acceptors (Lipinski definition) is 3. The Morgan fingerprint density at radius 3 is 2.21 bits per heavy atom. The lowest BCUT2D eigenvalue weighted by Crippen LogP contribution is -2.49. The molecule has 1 heterocycles. The summed E-state index contributed by atoms with van der Waals surface area (Å²) in [5.74, 6) is 2.43. The predicted molar refractivity (Wildman–Crippen MR) is 82.2 cm³/mol. The van der Waals surface area contributed by atoms with Crippen molar-refractivity contribution in [1.82, 2.24) is 4.90 Å². The highest BCUT2D eigenvalue weighted by molar-refractivity contribution is 5.80. The van der Waals surface area contributed by atoms with Crippen molar-refractivity contribution in [3.8, 4) is 0 Å². The van der Waals surface area contributed by atoms with Gasteiger partial charge in [-0.25, -0.2) is 0 Å². The molecule has 3 nitrogen and oxygen atoms in total. The lowest BCUT2D eigenvalue weighted by Gasteiger charge is -2.42. The summed E-state index contributed by atoms with van der Waals surface area (Å²) in [6, 6.07) is 1.03. The maximum Gasteiger partial charge on any atom is 0.191 e. The minimum Gasteiger partial charge on any atom is -0.370 e. The largest absolute Gasteiger partial charge is 0.370 e. The average molecular weight is 265 g/mol. The van der Waals surface area contributed by atoms with Crippen molar-refractivity contribution >= 4 is 5.96 Å². The molecule has 1 unspecified atom stereocenters. The molecule has 1 fully saturated rings. The molecule has 0 aromatic heterocycles. The van der Waals surface area contributed by atoms with Crippen molar-refractivity contribution in [2.45, 2.75) is 72.4 Å². The Morgan fingerprint density at radius 2 is 1.74 bits per heavy atom. The van der Waals surface area contributed by atoms with E-state index < -0.39 is 0 Å². The van der Waals surface area contributed by atoms with E-state index >= 15 is 0 Å². The highest BCUT2D eigenvalue weighted by Crippen LogP contribution is 2.42. The van der Waals surface area contributed by atoms with Crippen molar-refractivity contribution in [3.63, 3.8) is 0 Å². The molecule has 2 rings (SSSR count). The number of nitrogens with two attached hydrogens (primary N) is 1. The molecule has 1 aliphatic heterocycles. The molecule has 0 saturated heterocycles. The second kappa shape index (κ2) is 5.34. The molecular weight excluding hydrogens is 234 g/mol. The van der Waals surface area contributed by atoms with Crippen molar-refractivity contribution < 1.29 is 0 Å². The van der Waals surface area contributed by atoms with Gasteiger partial charge in [-0.1, -0.05) is 20.8 Å². The van der Waals surface area contributed by atoms with Crippen LogP contribution < -0.4 is 5.73 Å². The second-order valence-corrected chi connectivity index (χ2v) is 7.74. The van der Waals surface area contributed by atoms with E-state index in [9.17, 15) is 0 Å². The fourth-order valence-corrected chi connectivity index (χ4v) is 3.92. The van der Waals surface area contributed by atoms with Gasteiger partial charge in [0.05, 0.1) is 12.6 Å². The van der Waals surface area contributed by atoms with Crippen LogP contribution in [0.1, 0.15) is 60.3 Å². The van der Waals surface area contributed by atoms with E-state index in [4.69, 9.17) is 5.73 Å². The zero-order chi connectivity index (χ0) is 14.2. The molecule has 0 radical (unpaired) electrons.